The van der Waals surface area contributed by atoms with Crippen LogP contribution in [0.15, 0.2) is 12.4 Å². The Balaban J connectivity index is 2.47. The summed E-state index contributed by atoms with van der Waals surface area (Å²) in [4.78, 5) is 2.30. The van der Waals surface area contributed by atoms with E-state index in [-0.39, 0.29) is 6.04 Å². The lowest BCUT2D eigenvalue weighted by Crippen LogP contribution is -2.36. The lowest BCUT2D eigenvalue weighted by Gasteiger charge is -2.26. The van der Waals surface area contributed by atoms with E-state index < -0.39 is 0 Å². The number of likely N-dealkylation sites (N-methyl/N-ethyl adjacent to an activating group) is 1. The third kappa shape index (κ3) is 3.81. The zero-order chi connectivity index (χ0) is 12.1. The lowest BCUT2D eigenvalue weighted by atomic mass is 10.1. The molecule has 0 spiro atoms. The molecule has 2 unspecified atom stereocenters. The minimum absolute atomic E-state index is 0.0445. The molecule has 0 bridgehead atoms. The van der Waals surface area contributed by atoms with Crippen LogP contribution < -0.4 is 5.73 Å². The van der Waals surface area contributed by atoms with E-state index in [4.69, 9.17) is 5.73 Å². The van der Waals surface area contributed by atoms with Crippen molar-refractivity contribution in [1.29, 1.82) is 0 Å². The van der Waals surface area contributed by atoms with Crippen LogP contribution >= 0.6 is 11.8 Å². The largest absolute Gasteiger partial charge is 0.323 e. The second-order valence-corrected chi connectivity index (χ2v) is 5.21. The smallest absolute Gasteiger partial charge is 0.0537 e. The fourth-order valence-corrected chi connectivity index (χ4v) is 2.33. The molecule has 0 fully saturated rings. The average Bonchev–Trinajstić information content (AvgIpc) is 2.65. The zero-order valence-corrected chi connectivity index (χ0v) is 11.4. The van der Waals surface area contributed by atoms with Crippen molar-refractivity contribution in [2.75, 3.05) is 25.6 Å². The van der Waals surface area contributed by atoms with Crippen molar-refractivity contribution >= 4 is 11.8 Å². The van der Waals surface area contributed by atoms with Crippen molar-refractivity contribution in [3.05, 3.63) is 18.0 Å². The van der Waals surface area contributed by atoms with E-state index in [0.717, 1.165) is 17.9 Å². The molecule has 1 rings (SSSR count). The Labute approximate surface area is 102 Å². The summed E-state index contributed by atoms with van der Waals surface area (Å²) < 4.78 is 1.79. The molecule has 0 radical (unpaired) electrons. The third-order valence-corrected chi connectivity index (χ3v) is 3.61. The summed E-state index contributed by atoms with van der Waals surface area (Å²) in [6.45, 7) is 3.10. The number of thioether (sulfide) groups is 1. The van der Waals surface area contributed by atoms with Crippen LogP contribution in [-0.2, 0) is 7.05 Å². The van der Waals surface area contributed by atoms with Gasteiger partial charge in [0.15, 0.2) is 0 Å². The van der Waals surface area contributed by atoms with Gasteiger partial charge in [0.2, 0.25) is 0 Å². The predicted molar refractivity (Wildman–Crippen MR) is 70.6 cm³/mol. The SMILES string of the molecule is CSCC(C)N(C)CC(N)c1cnn(C)c1. The van der Waals surface area contributed by atoms with E-state index in [1.165, 1.54) is 0 Å². The molecule has 0 aliphatic heterocycles. The molecule has 1 heterocycles. The number of hydrogen-bond donors (Lipinski definition) is 1. The van der Waals surface area contributed by atoms with Crippen LogP contribution in [0.5, 0.6) is 0 Å². The maximum absolute atomic E-state index is 6.14. The standard InChI is InChI=1S/C11H22N4S/c1-9(8-16-4)14(2)7-11(12)10-5-13-15(3)6-10/h5-6,9,11H,7-8,12H2,1-4H3. The van der Waals surface area contributed by atoms with Gasteiger partial charge in [-0.05, 0) is 20.2 Å². The van der Waals surface area contributed by atoms with Gasteiger partial charge in [0.05, 0.1) is 6.20 Å². The van der Waals surface area contributed by atoms with Gasteiger partial charge < -0.3 is 10.6 Å². The second kappa shape index (κ2) is 6.27. The molecule has 0 aromatic carbocycles. The molecular weight excluding hydrogens is 220 g/mol. The Bertz CT molecular complexity index is 313. The van der Waals surface area contributed by atoms with Crippen LogP contribution in [0.2, 0.25) is 0 Å². The molecule has 2 N–H and O–H groups in total. The maximum atomic E-state index is 6.14. The van der Waals surface area contributed by atoms with Gasteiger partial charge in [-0.2, -0.15) is 16.9 Å². The first-order chi connectivity index (χ1) is 7.54. The van der Waals surface area contributed by atoms with Crippen LogP contribution in [-0.4, -0.2) is 46.3 Å². The molecule has 0 saturated heterocycles. The monoisotopic (exact) mass is 242 g/mol. The van der Waals surface area contributed by atoms with Crippen molar-refractivity contribution in [2.45, 2.75) is 19.0 Å². The highest BCUT2D eigenvalue weighted by Crippen LogP contribution is 2.12. The normalized spacial score (nSPS) is 15.4. The fraction of sp³-hybridized carbons (Fsp3) is 0.727. The number of nitrogens with two attached hydrogens (primary N) is 1. The Hall–Kier alpha value is -0.520. The molecule has 0 aliphatic carbocycles. The summed E-state index contributed by atoms with van der Waals surface area (Å²) in [5.74, 6) is 1.14. The van der Waals surface area contributed by atoms with Crippen LogP contribution in [0.3, 0.4) is 0 Å². The molecule has 1 aromatic heterocycles. The van der Waals surface area contributed by atoms with E-state index in [1.807, 2.05) is 31.2 Å². The predicted octanol–water partition coefficient (Wildman–Crippen LogP) is 1.10. The molecule has 16 heavy (non-hydrogen) atoms. The molecular formula is C11H22N4S. The number of aromatic nitrogens is 2. The van der Waals surface area contributed by atoms with Crippen molar-refractivity contribution in [3.8, 4) is 0 Å². The van der Waals surface area contributed by atoms with E-state index >= 15 is 0 Å². The van der Waals surface area contributed by atoms with Crippen LogP contribution in [0.4, 0.5) is 0 Å². The summed E-state index contributed by atoms with van der Waals surface area (Å²) in [6, 6.07) is 0.598. The number of aryl methyl sites for hydroxylation is 1. The first-order valence-corrected chi connectivity index (χ1v) is 6.87. The first kappa shape index (κ1) is 13.5. The van der Waals surface area contributed by atoms with Crippen molar-refractivity contribution in [2.24, 2.45) is 12.8 Å². The number of rotatable bonds is 6. The van der Waals surface area contributed by atoms with E-state index in [1.54, 1.807) is 4.68 Å². The fourth-order valence-electron chi connectivity index (χ4n) is 1.60. The number of nitrogens with zero attached hydrogens (tertiary/aromatic N) is 3. The van der Waals surface area contributed by atoms with Gasteiger partial charge in [-0.15, -0.1) is 0 Å². The van der Waals surface area contributed by atoms with Gasteiger partial charge in [0.1, 0.15) is 0 Å². The minimum atomic E-state index is 0.0445. The molecule has 92 valence electrons. The maximum Gasteiger partial charge on any atom is 0.0537 e. The Morgan fingerprint density at radius 1 is 1.62 bits per heavy atom. The summed E-state index contributed by atoms with van der Waals surface area (Å²) in [5.41, 5.74) is 7.24. The van der Waals surface area contributed by atoms with Gasteiger partial charge in [0, 0.05) is 43.2 Å². The lowest BCUT2D eigenvalue weighted by molar-refractivity contribution is 0.261. The molecule has 1 aromatic rings. The summed E-state index contributed by atoms with van der Waals surface area (Å²) in [5, 5.41) is 4.14. The van der Waals surface area contributed by atoms with Gasteiger partial charge in [-0.25, -0.2) is 0 Å². The van der Waals surface area contributed by atoms with E-state index in [2.05, 4.69) is 30.2 Å². The molecule has 0 amide bonds. The van der Waals surface area contributed by atoms with E-state index in [9.17, 15) is 0 Å². The minimum Gasteiger partial charge on any atom is -0.323 e. The zero-order valence-electron chi connectivity index (χ0n) is 10.6. The summed E-state index contributed by atoms with van der Waals surface area (Å²) in [6.07, 6.45) is 5.96. The van der Waals surface area contributed by atoms with Gasteiger partial charge in [-0.3, -0.25) is 4.68 Å². The highest BCUT2D eigenvalue weighted by molar-refractivity contribution is 7.98. The molecule has 5 heteroatoms. The summed E-state index contributed by atoms with van der Waals surface area (Å²) >= 11 is 1.87. The molecule has 0 aliphatic rings. The highest BCUT2D eigenvalue weighted by atomic mass is 32.2. The van der Waals surface area contributed by atoms with Crippen LogP contribution in [0.25, 0.3) is 0 Å². The Kier molecular flexibility index (Phi) is 5.31. The molecule has 2 atom stereocenters. The van der Waals surface area contributed by atoms with Gasteiger partial charge in [-0.1, -0.05) is 0 Å². The van der Waals surface area contributed by atoms with Gasteiger partial charge >= 0.3 is 0 Å². The quantitative estimate of drug-likeness (QED) is 0.811. The second-order valence-electron chi connectivity index (χ2n) is 4.30. The first-order valence-electron chi connectivity index (χ1n) is 5.48. The van der Waals surface area contributed by atoms with Crippen molar-refractivity contribution < 1.29 is 0 Å². The molecule has 0 saturated carbocycles. The summed E-state index contributed by atoms with van der Waals surface area (Å²) in [7, 11) is 4.04. The van der Waals surface area contributed by atoms with Crippen LogP contribution in [0, 0.1) is 0 Å². The van der Waals surface area contributed by atoms with Gasteiger partial charge in [0.25, 0.3) is 0 Å². The van der Waals surface area contributed by atoms with E-state index in [0.29, 0.717) is 6.04 Å². The van der Waals surface area contributed by atoms with Crippen molar-refractivity contribution in [3.63, 3.8) is 0 Å². The topological polar surface area (TPSA) is 47.1 Å². The third-order valence-electron chi connectivity index (χ3n) is 2.80. The van der Waals surface area contributed by atoms with Crippen molar-refractivity contribution in [1.82, 2.24) is 14.7 Å². The Morgan fingerprint density at radius 3 is 2.81 bits per heavy atom. The van der Waals surface area contributed by atoms with Crippen LogP contribution in [0.1, 0.15) is 18.5 Å². The average molecular weight is 242 g/mol. The number of hydrogen-bond acceptors (Lipinski definition) is 4. The molecule has 4 nitrogen and oxygen atoms in total. The Morgan fingerprint density at radius 2 is 2.31 bits per heavy atom. The highest BCUT2D eigenvalue weighted by Gasteiger charge is 2.14.